The van der Waals surface area contributed by atoms with Crippen LogP contribution in [-0.4, -0.2) is 58.8 Å². The van der Waals surface area contributed by atoms with E-state index in [2.05, 4.69) is 37.9 Å². The number of hydrogen-bond acceptors (Lipinski definition) is 7. The van der Waals surface area contributed by atoms with E-state index < -0.39 is 11.6 Å². The lowest BCUT2D eigenvalue weighted by Gasteiger charge is -2.34. The van der Waals surface area contributed by atoms with Gasteiger partial charge in [-0.2, -0.15) is 0 Å². The highest BCUT2D eigenvalue weighted by Crippen LogP contribution is 2.27. The summed E-state index contributed by atoms with van der Waals surface area (Å²) in [5.41, 5.74) is 0.412. The van der Waals surface area contributed by atoms with Gasteiger partial charge in [0.05, 0.1) is 18.2 Å². The lowest BCUT2D eigenvalue weighted by molar-refractivity contribution is 0.0206. The number of amides is 1. The summed E-state index contributed by atoms with van der Waals surface area (Å²) in [6, 6.07) is 3.70. The van der Waals surface area contributed by atoms with E-state index in [0.717, 1.165) is 21.8 Å². The van der Waals surface area contributed by atoms with E-state index in [1.165, 1.54) is 13.4 Å². The van der Waals surface area contributed by atoms with E-state index in [4.69, 9.17) is 9.47 Å². The average Bonchev–Trinajstić information content (AvgIpc) is 2.66. The van der Waals surface area contributed by atoms with Crippen LogP contribution < -0.4 is 5.32 Å². The first-order valence-corrected chi connectivity index (χ1v) is 10.5. The van der Waals surface area contributed by atoms with Gasteiger partial charge in [-0.15, -0.1) is 0 Å². The summed E-state index contributed by atoms with van der Waals surface area (Å²) in [5.74, 6) is 0.196. The van der Waals surface area contributed by atoms with Crippen molar-refractivity contribution in [2.75, 3.05) is 25.5 Å². The predicted molar refractivity (Wildman–Crippen MR) is 118 cm³/mol. The Kier molecular flexibility index (Phi) is 6.45. The minimum Gasteiger partial charge on any atom is -0.465 e. The molecule has 0 aliphatic carbocycles. The third-order valence-electron chi connectivity index (χ3n) is 4.52. The molecule has 2 aromatic rings. The molecule has 0 unspecified atom stereocenters. The van der Waals surface area contributed by atoms with Crippen molar-refractivity contribution in [1.82, 2.24) is 14.9 Å². The third-order valence-corrected chi connectivity index (χ3v) is 5.15. The maximum Gasteiger partial charge on any atom is 0.410 e. The minimum absolute atomic E-state index is 0.0220. The summed E-state index contributed by atoms with van der Waals surface area (Å²) in [4.78, 5) is 35.0. The number of aromatic nitrogens is 2. The Labute approximate surface area is 183 Å². The number of ether oxygens (including phenoxy) is 2. The molecule has 29 heavy (non-hydrogen) atoms. The van der Waals surface area contributed by atoms with E-state index in [9.17, 15) is 9.59 Å². The molecule has 156 valence electrons. The second kappa shape index (κ2) is 8.68. The molecule has 2 heterocycles. The van der Waals surface area contributed by atoms with Crippen LogP contribution in [0.5, 0.6) is 0 Å². The van der Waals surface area contributed by atoms with Crippen molar-refractivity contribution in [3.63, 3.8) is 0 Å². The Hall–Kier alpha value is -2.17. The van der Waals surface area contributed by atoms with Crippen molar-refractivity contribution < 1.29 is 19.1 Å². The number of hydrogen-bond donors (Lipinski definition) is 1. The number of nitrogens with zero attached hydrogens (tertiary/aromatic N) is 3. The summed E-state index contributed by atoms with van der Waals surface area (Å²) in [7, 11) is 1.35. The SMILES string of the molecule is COC(=O)c1cc(I)cc2c(N[C@H]3CCCN(C(=O)OC(C)(C)C)C3)ncnc12. The molecule has 1 N–H and O–H groups in total. The van der Waals surface area contributed by atoms with Crippen molar-refractivity contribution in [3.05, 3.63) is 27.6 Å². The maximum absolute atomic E-state index is 12.4. The Bertz CT molecular complexity index is 929. The second-order valence-corrected chi connectivity index (χ2v) is 9.22. The predicted octanol–water partition coefficient (Wildman–Crippen LogP) is 3.83. The molecule has 1 aliphatic heterocycles. The monoisotopic (exact) mass is 512 g/mol. The van der Waals surface area contributed by atoms with Gasteiger partial charge in [-0.3, -0.25) is 0 Å². The topological polar surface area (TPSA) is 93.7 Å². The summed E-state index contributed by atoms with van der Waals surface area (Å²) in [6.07, 6.45) is 2.89. The highest BCUT2D eigenvalue weighted by molar-refractivity contribution is 14.1. The number of carbonyl (C=O) groups is 2. The number of rotatable bonds is 3. The van der Waals surface area contributed by atoms with Crippen LogP contribution in [0.15, 0.2) is 18.5 Å². The van der Waals surface area contributed by atoms with Gasteiger partial charge in [-0.05, 0) is 68.3 Å². The van der Waals surface area contributed by atoms with Crippen LogP contribution in [-0.2, 0) is 9.47 Å². The van der Waals surface area contributed by atoms with E-state index in [1.54, 1.807) is 11.0 Å². The van der Waals surface area contributed by atoms with Gasteiger partial charge in [-0.1, -0.05) is 0 Å². The van der Waals surface area contributed by atoms with Crippen LogP contribution in [0.4, 0.5) is 10.6 Å². The standard InChI is InChI=1S/C20H25IN4O4/c1-20(2,3)29-19(27)25-7-5-6-13(10-25)24-17-14-8-12(21)9-15(18(26)28-4)16(14)22-11-23-17/h8-9,11,13H,5-7,10H2,1-4H3,(H,22,23,24)/t13-/m0/s1. The molecular weight excluding hydrogens is 487 g/mol. The molecule has 8 nitrogen and oxygen atoms in total. The van der Waals surface area contributed by atoms with Crippen LogP contribution >= 0.6 is 22.6 Å². The molecule has 9 heteroatoms. The van der Waals surface area contributed by atoms with Gasteiger partial charge in [0.15, 0.2) is 0 Å². The molecule has 1 saturated heterocycles. The third kappa shape index (κ3) is 5.26. The van der Waals surface area contributed by atoms with Crippen LogP contribution in [0.1, 0.15) is 44.0 Å². The molecule has 1 amide bonds. The Morgan fingerprint density at radius 1 is 1.28 bits per heavy atom. The number of likely N-dealkylation sites (tertiary alicyclic amines) is 1. The quantitative estimate of drug-likeness (QED) is 0.494. The van der Waals surface area contributed by atoms with Gasteiger partial charge in [-0.25, -0.2) is 19.6 Å². The number of anilines is 1. The highest BCUT2D eigenvalue weighted by Gasteiger charge is 2.28. The number of esters is 1. The molecule has 0 spiro atoms. The van der Waals surface area contributed by atoms with E-state index >= 15 is 0 Å². The van der Waals surface area contributed by atoms with Gasteiger partial charge in [0.2, 0.25) is 0 Å². The zero-order chi connectivity index (χ0) is 21.2. The van der Waals surface area contributed by atoms with Gasteiger partial charge >= 0.3 is 12.1 Å². The summed E-state index contributed by atoms with van der Waals surface area (Å²) in [5, 5.41) is 4.17. The fraction of sp³-hybridized carbons (Fsp3) is 0.500. The van der Waals surface area contributed by atoms with Crippen LogP contribution in [0, 0.1) is 3.57 Å². The number of methoxy groups -OCH3 is 1. The second-order valence-electron chi connectivity index (χ2n) is 7.97. The van der Waals surface area contributed by atoms with Crippen LogP contribution in [0.3, 0.4) is 0 Å². The molecular formula is C20H25IN4O4. The van der Waals surface area contributed by atoms with Crippen LogP contribution in [0.2, 0.25) is 0 Å². The van der Waals surface area contributed by atoms with Gasteiger partial charge < -0.3 is 19.7 Å². The van der Waals surface area contributed by atoms with Crippen molar-refractivity contribution >= 4 is 51.4 Å². The zero-order valence-electron chi connectivity index (χ0n) is 17.0. The number of nitrogens with one attached hydrogen (secondary N) is 1. The first-order chi connectivity index (χ1) is 13.7. The molecule has 1 aliphatic rings. The fourth-order valence-electron chi connectivity index (χ4n) is 3.29. The van der Waals surface area contributed by atoms with Gasteiger partial charge in [0.1, 0.15) is 17.7 Å². The molecule has 1 atom stereocenters. The lowest BCUT2D eigenvalue weighted by Crippen LogP contribution is -2.47. The van der Waals surface area contributed by atoms with Crippen molar-refractivity contribution in [2.24, 2.45) is 0 Å². The number of carbonyl (C=O) groups excluding carboxylic acids is 2. The molecule has 0 bridgehead atoms. The molecule has 0 radical (unpaired) electrons. The summed E-state index contributed by atoms with van der Waals surface area (Å²) < 4.78 is 11.3. The minimum atomic E-state index is -0.527. The number of fused-ring (bicyclic) bond motifs is 1. The van der Waals surface area contributed by atoms with E-state index in [-0.39, 0.29) is 12.1 Å². The smallest absolute Gasteiger partial charge is 0.410 e. The highest BCUT2D eigenvalue weighted by atomic mass is 127. The molecule has 1 aromatic carbocycles. The number of piperidine rings is 1. The van der Waals surface area contributed by atoms with E-state index in [0.29, 0.717) is 30.0 Å². The van der Waals surface area contributed by atoms with Crippen molar-refractivity contribution in [2.45, 2.75) is 45.3 Å². The Balaban J connectivity index is 1.84. The van der Waals surface area contributed by atoms with Gasteiger partial charge in [0.25, 0.3) is 0 Å². The average molecular weight is 512 g/mol. The maximum atomic E-state index is 12.4. The van der Waals surface area contributed by atoms with E-state index in [1.807, 2.05) is 26.8 Å². The van der Waals surface area contributed by atoms with Gasteiger partial charge in [0, 0.05) is 28.1 Å². The normalized spacial score (nSPS) is 17.1. The first kappa shape index (κ1) is 21.5. The number of halogens is 1. The zero-order valence-corrected chi connectivity index (χ0v) is 19.1. The lowest BCUT2D eigenvalue weighted by atomic mass is 10.1. The van der Waals surface area contributed by atoms with Crippen molar-refractivity contribution in [1.29, 1.82) is 0 Å². The molecule has 1 fully saturated rings. The summed E-state index contributed by atoms with van der Waals surface area (Å²) in [6.45, 7) is 6.77. The fourth-order valence-corrected chi connectivity index (χ4v) is 3.92. The summed E-state index contributed by atoms with van der Waals surface area (Å²) >= 11 is 2.15. The number of benzene rings is 1. The van der Waals surface area contributed by atoms with Crippen molar-refractivity contribution in [3.8, 4) is 0 Å². The van der Waals surface area contributed by atoms with Crippen LogP contribution in [0.25, 0.3) is 10.9 Å². The Morgan fingerprint density at radius 2 is 2.03 bits per heavy atom. The first-order valence-electron chi connectivity index (χ1n) is 9.45. The Morgan fingerprint density at radius 3 is 2.72 bits per heavy atom. The molecule has 0 saturated carbocycles. The molecule has 3 rings (SSSR count). The molecule has 1 aromatic heterocycles. The largest absolute Gasteiger partial charge is 0.465 e.